The van der Waals surface area contributed by atoms with Crippen molar-refractivity contribution in [3.63, 3.8) is 0 Å². The number of anilines is 3. The normalized spacial score (nSPS) is 10.8. The Hall–Kier alpha value is -3.07. The maximum absolute atomic E-state index is 12.6. The molecule has 1 amide bonds. The second-order valence-corrected chi connectivity index (χ2v) is 7.27. The molecule has 2 heterocycles. The lowest BCUT2D eigenvalue weighted by Gasteiger charge is -2.10. The maximum Gasteiger partial charge on any atom is 0.267 e. The predicted octanol–water partition coefficient (Wildman–Crippen LogP) is 4.19. The highest BCUT2D eigenvalue weighted by atomic mass is 35.5. The number of nitrogens with zero attached hydrogens (tertiary/aromatic N) is 3. The molecule has 0 atom stereocenters. The average molecular weight is 411 g/mol. The zero-order chi connectivity index (χ0) is 19.5. The summed E-state index contributed by atoms with van der Waals surface area (Å²) >= 11 is 7.39. The fourth-order valence-corrected chi connectivity index (χ4v) is 3.58. The van der Waals surface area contributed by atoms with Gasteiger partial charge in [-0.2, -0.15) is 0 Å². The first-order valence-corrected chi connectivity index (χ1v) is 9.57. The van der Waals surface area contributed by atoms with Gasteiger partial charge in [-0.1, -0.05) is 47.2 Å². The van der Waals surface area contributed by atoms with Gasteiger partial charge in [0.15, 0.2) is 10.9 Å². The van der Waals surface area contributed by atoms with E-state index in [4.69, 9.17) is 17.3 Å². The smallest absolute Gasteiger partial charge is 0.267 e. The van der Waals surface area contributed by atoms with E-state index in [-0.39, 0.29) is 12.5 Å². The number of halogens is 1. The number of hydrogen-bond donors (Lipinski definition) is 3. The lowest BCUT2D eigenvalue weighted by molar-refractivity contribution is 0.103. The van der Waals surface area contributed by atoms with Crippen LogP contribution in [0.25, 0.3) is 11.0 Å². The molecule has 4 aromatic rings. The van der Waals surface area contributed by atoms with E-state index in [0.29, 0.717) is 26.5 Å². The summed E-state index contributed by atoms with van der Waals surface area (Å²) < 4.78 is 0. The third-order valence-electron chi connectivity index (χ3n) is 3.97. The molecule has 4 N–H and O–H groups in total. The Morgan fingerprint density at radius 3 is 2.71 bits per heavy atom. The van der Waals surface area contributed by atoms with E-state index < -0.39 is 0 Å². The largest absolute Gasteiger partial charge is 0.326 e. The summed E-state index contributed by atoms with van der Waals surface area (Å²) in [6, 6.07) is 12.9. The first kappa shape index (κ1) is 18.3. The van der Waals surface area contributed by atoms with Crippen LogP contribution in [0.2, 0.25) is 5.02 Å². The number of nitrogens with one attached hydrogen (secondary N) is 2. The molecule has 0 radical (unpaired) electrons. The Morgan fingerprint density at radius 2 is 1.89 bits per heavy atom. The summed E-state index contributed by atoms with van der Waals surface area (Å²) in [4.78, 5) is 26.1. The van der Waals surface area contributed by atoms with Gasteiger partial charge in [0.1, 0.15) is 4.88 Å². The molecule has 0 saturated carbocycles. The van der Waals surface area contributed by atoms with Crippen LogP contribution in [0, 0.1) is 0 Å². The Kier molecular flexibility index (Phi) is 5.16. The van der Waals surface area contributed by atoms with E-state index in [0.717, 1.165) is 16.6 Å². The number of carbonyl (C=O) groups excluding carboxylic acids is 1. The monoisotopic (exact) mass is 410 g/mol. The molecule has 0 bridgehead atoms. The number of rotatable bonds is 5. The highest BCUT2D eigenvalue weighted by Crippen LogP contribution is 2.28. The minimum Gasteiger partial charge on any atom is -0.326 e. The molecule has 9 heteroatoms. The van der Waals surface area contributed by atoms with Crippen LogP contribution in [0.1, 0.15) is 15.2 Å². The van der Waals surface area contributed by atoms with E-state index >= 15 is 0 Å². The lowest BCUT2D eigenvalue weighted by Crippen LogP contribution is -2.13. The molecule has 0 fully saturated rings. The summed E-state index contributed by atoms with van der Waals surface area (Å²) in [5.41, 5.74) is 8.58. The van der Waals surface area contributed by atoms with Gasteiger partial charge in [0, 0.05) is 6.54 Å². The van der Waals surface area contributed by atoms with Gasteiger partial charge in [0.25, 0.3) is 5.91 Å². The Bertz CT molecular complexity index is 1160. The van der Waals surface area contributed by atoms with E-state index in [2.05, 4.69) is 25.6 Å². The van der Waals surface area contributed by atoms with Crippen LogP contribution in [0.4, 0.5) is 16.6 Å². The molecule has 0 unspecified atom stereocenters. The van der Waals surface area contributed by atoms with Crippen molar-refractivity contribution < 1.29 is 4.79 Å². The minimum absolute atomic E-state index is 0.270. The van der Waals surface area contributed by atoms with E-state index in [9.17, 15) is 4.79 Å². The molecule has 0 aliphatic carbocycles. The molecule has 2 aromatic carbocycles. The van der Waals surface area contributed by atoms with Crippen LogP contribution in [0.15, 0.2) is 54.9 Å². The number of aromatic nitrogens is 3. The first-order chi connectivity index (χ1) is 13.6. The van der Waals surface area contributed by atoms with Crippen molar-refractivity contribution >= 4 is 56.5 Å². The molecular weight excluding hydrogens is 396 g/mol. The summed E-state index contributed by atoms with van der Waals surface area (Å²) in [5.74, 6) is 0.245. The van der Waals surface area contributed by atoms with Crippen molar-refractivity contribution in [3.05, 3.63) is 70.3 Å². The van der Waals surface area contributed by atoms with Crippen LogP contribution >= 0.6 is 22.9 Å². The van der Waals surface area contributed by atoms with Gasteiger partial charge < -0.3 is 16.4 Å². The van der Waals surface area contributed by atoms with Crippen molar-refractivity contribution in [3.8, 4) is 0 Å². The van der Waals surface area contributed by atoms with Crippen molar-refractivity contribution in [1.29, 1.82) is 0 Å². The van der Waals surface area contributed by atoms with Crippen LogP contribution < -0.4 is 16.4 Å². The molecule has 0 spiro atoms. The Morgan fingerprint density at radius 1 is 1.07 bits per heavy atom. The van der Waals surface area contributed by atoms with Gasteiger partial charge in [0.05, 0.1) is 34.1 Å². The summed E-state index contributed by atoms with van der Waals surface area (Å²) in [6.07, 6.45) is 3.12. The van der Waals surface area contributed by atoms with Crippen molar-refractivity contribution in [2.75, 3.05) is 10.6 Å². The van der Waals surface area contributed by atoms with Gasteiger partial charge in [-0.15, -0.1) is 0 Å². The third-order valence-corrected chi connectivity index (χ3v) is 5.20. The first-order valence-electron chi connectivity index (χ1n) is 8.37. The van der Waals surface area contributed by atoms with Gasteiger partial charge >= 0.3 is 0 Å². The molecule has 0 aliphatic heterocycles. The molecule has 28 heavy (non-hydrogen) atoms. The summed E-state index contributed by atoms with van der Waals surface area (Å²) in [5, 5.41) is 6.86. The molecule has 7 nitrogen and oxygen atoms in total. The van der Waals surface area contributed by atoms with Crippen LogP contribution in [-0.4, -0.2) is 20.9 Å². The topological polar surface area (TPSA) is 106 Å². The molecular formula is C19H15ClN6OS. The minimum atomic E-state index is -0.307. The number of para-hydroxylation sites is 3. The standard InChI is InChI=1S/C19H15ClN6OS/c20-12-5-3-4-11(8-21)17(12)26-18(27)15-9-23-19(28-15)25-16-10-22-13-6-1-2-7-14(13)24-16/h1-7,9-10H,8,21H2,(H,26,27)(H,23,24,25). The zero-order valence-electron chi connectivity index (χ0n) is 14.5. The fourth-order valence-electron chi connectivity index (χ4n) is 2.62. The Balaban J connectivity index is 1.51. The predicted molar refractivity (Wildman–Crippen MR) is 112 cm³/mol. The lowest BCUT2D eigenvalue weighted by atomic mass is 10.1. The third kappa shape index (κ3) is 3.79. The second kappa shape index (κ2) is 7.89. The molecule has 4 rings (SSSR count). The van der Waals surface area contributed by atoms with Crippen LogP contribution in [-0.2, 0) is 6.54 Å². The van der Waals surface area contributed by atoms with E-state index in [1.807, 2.05) is 30.3 Å². The van der Waals surface area contributed by atoms with E-state index in [1.165, 1.54) is 17.5 Å². The van der Waals surface area contributed by atoms with Gasteiger partial charge in [-0.25, -0.2) is 9.97 Å². The van der Waals surface area contributed by atoms with Gasteiger partial charge in [-0.3, -0.25) is 9.78 Å². The highest BCUT2D eigenvalue weighted by molar-refractivity contribution is 7.17. The number of nitrogens with two attached hydrogens (primary N) is 1. The summed E-state index contributed by atoms with van der Waals surface area (Å²) in [6.45, 7) is 0.270. The van der Waals surface area contributed by atoms with E-state index in [1.54, 1.807) is 18.3 Å². The average Bonchev–Trinajstić information content (AvgIpc) is 3.18. The molecule has 0 saturated heterocycles. The molecule has 140 valence electrons. The second-order valence-electron chi connectivity index (χ2n) is 5.83. The number of amides is 1. The number of carbonyl (C=O) groups is 1. The van der Waals surface area contributed by atoms with Gasteiger partial charge in [-0.05, 0) is 23.8 Å². The van der Waals surface area contributed by atoms with Gasteiger partial charge in [0.2, 0.25) is 0 Å². The molecule has 2 aromatic heterocycles. The van der Waals surface area contributed by atoms with Crippen LogP contribution in [0.3, 0.4) is 0 Å². The number of thiazole rings is 1. The Labute approximate surface area is 169 Å². The van der Waals surface area contributed by atoms with Crippen LogP contribution in [0.5, 0.6) is 0 Å². The fraction of sp³-hybridized carbons (Fsp3) is 0.0526. The van der Waals surface area contributed by atoms with Crippen molar-refractivity contribution in [2.24, 2.45) is 5.73 Å². The van der Waals surface area contributed by atoms with Crippen molar-refractivity contribution in [1.82, 2.24) is 15.0 Å². The SMILES string of the molecule is NCc1cccc(Cl)c1NC(=O)c1cnc(Nc2cnc3ccccc3n2)s1. The zero-order valence-corrected chi connectivity index (χ0v) is 16.1. The highest BCUT2D eigenvalue weighted by Gasteiger charge is 2.15. The number of fused-ring (bicyclic) bond motifs is 1. The number of hydrogen-bond acceptors (Lipinski definition) is 7. The summed E-state index contributed by atoms with van der Waals surface area (Å²) in [7, 11) is 0. The van der Waals surface area contributed by atoms with Crippen molar-refractivity contribution in [2.45, 2.75) is 6.54 Å². The quantitative estimate of drug-likeness (QED) is 0.455. The maximum atomic E-state index is 12.6. The molecule has 0 aliphatic rings. The number of benzene rings is 2.